The number of carbonyl (C=O) groups excluding carboxylic acids is 3. The van der Waals surface area contributed by atoms with Gasteiger partial charge in [0.1, 0.15) is 5.56 Å². The summed E-state index contributed by atoms with van der Waals surface area (Å²) in [6.45, 7) is -0.593. The van der Waals surface area contributed by atoms with Gasteiger partial charge < -0.3 is 0 Å². The topological polar surface area (TPSA) is 144 Å². The summed E-state index contributed by atoms with van der Waals surface area (Å²) in [5, 5.41) is 25.4. The molecule has 2 atom stereocenters. The standard InChI is InChI=1S/C32H21ClN4O7/c33-18-14-13-17(25(15-18)37(43)44)16-34(30(38)23-11-5-6-12-24(23)36(41)42)35-31(39)28-26-19-7-1-2-8-20(19)27(29(28)32(35)40)22-10-4-3-9-21(22)26/h1-15,26-29H,16H2/t26?,27?,28-,29-/m1/s1. The summed E-state index contributed by atoms with van der Waals surface area (Å²) in [6.07, 6.45) is 0. The van der Waals surface area contributed by atoms with Crippen LogP contribution in [0.3, 0.4) is 0 Å². The predicted octanol–water partition coefficient (Wildman–Crippen LogP) is 5.61. The summed E-state index contributed by atoms with van der Waals surface area (Å²) < 4.78 is 0. The highest BCUT2D eigenvalue weighted by molar-refractivity contribution is 6.30. The van der Waals surface area contributed by atoms with Gasteiger partial charge in [-0.25, -0.2) is 5.01 Å². The summed E-state index contributed by atoms with van der Waals surface area (Å²) in [6, 6.07) is 24.2. The molecule has 3 aliphatic carbocycles. The molecule has 3 amide bonds. The largest absolute Gasteiger partial charge is 0.282 e. The molecule has 1 aliphatic heterocycles. The first-order valence-corrected chi connectivity index (χ1v) is 14.1. The fraction of sp³-hybridized carbons (Fsp3) is 0.156. The second-order valence-electron chi connectivity index (χ2n) is 10.9. The number of rotatable bonds is 6. The van der Waals surface area contributed by atoms with E-state index in [2.05, 4.69) is 0 Å². The van der Waals surface area contributed by atoms with E-state index in [9.17, 15) is 34.6 Å². The summed E-state index contributed by atoms with van der Waals surface area (Å²) in [5.74, 6) is -4.95. The zero-order valence-corrected chi connectivity index (χ0v) is 23.5. The highest BCUT2D eigenvalue weighted by Crippen LogP contribution is 2.61. The lowest BCUT2D eigenvalue weighted by atomic mass is 9.55. The molecular weight excluding hydrogens is 588 g/mol. The van der Waals surface area contributed by atoms with Crippen molar-refractivity contribution in [3.63, 3.8) is 0 Å². The molecule has 0 saturated carbocycles. The van der Waals surface area contributed by atoms with E-state index in [1.807, 2.05) is 48.5 Å². The molecule has 1 heterocycles. The number of carbonyl (C=O) groups is 3. The molecule has 4 aromatic carbocycles. The number of nitro groups is 2. The molecular formula is C32H21ClN4O7. The highest BCUT2D eigenvalue weighted by atomic mass is 35.5. The van der Waals surface area contributed by atoms with E-state index < -0.39 is 69.2 Å². The first kappa shape index (κ1) is 27.4. The van der Waals surface area contributed by atoms with E-state index in [4.69, 9.17) is 11.6 Å². The van der Waals surface area contributed by atoms with Crippen LogP contribution in [0.1, 0.15) is 50.0 Å². The van der Waals surface area contributed by atoms with Crippen LogP contribution < -0.4 is 0 Å². The number of imide groups is 1. The number of hydrogen-bond acceptors (Lipinski definition) is 7. The molecule has 0 radical (unpaired) electrons. The molecule has 0 spiro atoms. The zero-order chi connectivity index (χ0) is 30.9. The minimum Gasteiger partial charge on any atom is -0.272 e. The molecule has 2 bridgehead atoms. The van der Waals surface area contributed by atoms with E-state index >= 15 is 0 Å². The minimum absolute atomic E-state index is 0.0173. The van der Waals surface area contributed by atoms with Crippen molar-refractivity contribution in [2.24, 2.45) is 11.8 Å². The molecule has 0 unspecified atom stereocenters. The molecule has 11 nitrogen and oxygen atoms in total. The third kappa shape index (κ3) is 3.93. The minimum atomic E-state index is -1.02. The Balaban J connectivity index is 1.39. The van der Waals surface area contributed by atoms with Gasteiger partial charge in [-0.05, 0) is 40.5 Å². The van der Waals surface area contributed by atoms with E-state index in [1.54, 1.807) is 0 Å². The van der Waals surface area contributed by atoms with Crippen molar-refractivity contribution < 1.29 is 24.2 Å². The Morgan fingerprint density at radius 2 is 1.20 bits per heavy atom. The number of amides is 3. The third-order valence-electron chi connectivity index (χ3n) is 8.80. The van der Waals surface area contributed by atoms with Gasteiger partial charge in [0.05, 0.1) is 33.8 Å². The number of hydrogen-bond donors (Lipinski definition) is 0. The van der Waals surface area contributed by atoms with Gasteiger partial charge in [-0.2, -0.15) is 5.01 Å². The van der Waals surface area contributed by atoms with Crippen molar-refractivity contribution in [2.75, 3.05) is 0 Å². The van der Waals surface area contributed by atoms with Gasteiger partial charge >= 0.3 is 0 Å². The normalized spacial score (nSPS) is 21.0. The fourth-order valence-electron chi connectivity index (χ4n) is 7.09. The maximum Gasteiger partial charge on any atom is 0.282 e. The van der Waals surface area contributed by atoms with E-state index in [-0.39, 0.29) is 16.1 Å². The zero-order valence-electron chi connectivity index (χ0n) is 22.7. The van der Waals surface area contributed by atoms with Crippen LogP contribution in [0, 0.1) is 32.1 Å². The Kier molecular flexibility index (Phi) is 6.29. The molecule has 44 heavy (non-hydrogen) atoms. The van der Waals surface area contributed by atoms with Crippen LogP contribution in [0.2, 0.25) is 5.02 Å². The van der Waals surface area contributed by atoms with Crippen LogP contribution in [0.5, 0.6) is 0 Å². The van der Waals surface area contributed by atoms with Gasteiger partial charge in [0, 0.05) is 29.0 Å². The quantitative estimate of drug-likeness (QED) is 0.157. The first-order valence-electron chi connectivity index (χ1n) is 13.7. The van der Waals surface area contributed by atoms with Crippen LogP contribution in [0.15, 0.2) is 91.0 Å². The molecule has 8 rings (SSSR count). The summed E-state index contributed by atoms with van der Waals surface area (Å²) in [7, 11) is 0. The van der Waals surface area contributed by atoms with Crippen LogP contribution >= 0.6 is 11.6 Å². The lowest BCUT2D eigenvalue weighted by molar-refractivity contribution is -0.385. The van der Waals surface area contributed by atoms with Crippen molar-refractivity contribution in [3.05, 3.63) is 150 Å². The van der Waals surface area contributed by atoms with Crippen molar-refractivity contribution in [1.82, 2.24) is 10.0 Å². The van der Waals surface area contributed by atoms with Crippen LogP contribution in [-0.2, 0) is 16.1 Å². The van der Waals surface area contributed by atoms with E-state index in [0.29, 0.717) is 0 Å². The molecule has 4 aliphatic rings. The number of nitro benzene ring substituents is 2. The molecule has 0 aromatic heterocycles. The average Bonchev–Trinajstić information content (AvgIpc) is 3.29. The van der Waals surface area contributed by atoms with Crippen molar-refractivity contribution in [3.8, 4) is 0 Å². The van der Waals surface area contributed by atoms with Crippen LogP contribution in [0.25, 0.3) is 0 Å². The van der Waals surface area contributed by atoms with Gasteiger partial charge in [0.25, 0.3) is 29.1 Å². The monoisotopic (exact) mass is 608 g/mol. The first-order chi connectivity index (χ1) is 21.2. The number of halogens is 1. The number of benzene rings is 4. The second kappa shape index (κ2) is 10.1. The molecule has 12 heteroatoms. The Morgan fingerprint density at radius 3 is 1.70 bits per heavy atom. The van der Waals surface area contributed by atoms with Crippen molar-refractivity contribution in [2.45, 2.75) is 18.4 Å². The molecule has 218 valence electrons. The van der Waals surface area contributed by atoms with Gasteiger partial charge in [-0.3, -0.25) is 34.6 Å². The Morgan fingerprint density at radius 1 is 0.727 bits per heavy atom. The van der Waals surface area contributed by atoms with Gasteiger partial charge in [0.15, 0.2) is 0 Å². The fourth-order valence-corrected chi connectivity index (χ4v) is 7.25. The molecule has 1 saturated heterocycles. The highest BCUT2D eigenvalue weighted by Gasteiger charge is 2.63. The lowest BCUT2D eigenvalue weighted by Gasteiger charge is -2.45. The maximum absolute atomic E-state index is 14.4. The van der Waals surface area contributed by atoms with Crippen LogP contribution in [0.4, 0.5) is 11.4 Å². The van der Waals surface area contributed by atoms with Gasteiger partial charge in [-0.15, -0.1) is 0 Å². The Labute approximate surface area is 254 Å². The molecule has 4 aromatic rings. The van der Waals surface area contributed by atoms with Gasteiger partial charge in [-0.1, -0.05) is 72.3 Å². The van der Waals surface area contributed by atoms with E-state index in [0.717, 1.165) is 44.4 Å². The predicted molar refractivity (Wildman–Crippen MR) is 156 cm³/mol. The van der Waals surface area contributed by atoms with Gasteiger partial charge in [0.2, 0.25) is 0 Å². The summed E-state index contributed by atoms with van der Waals surface area (Å²) in [4.78, 5) is 65.5. The van der Waals surface area contributed by atoms with Crippen LogP contribution in [-0.4, -0.2) is 37.6 Å². The number of hydrazine groups is 1. The molecule has 0 N–H and O–H groups in total. The number of para-hydroxylation sites is 1. The maximum atomic E-state index is 14.4. The van der Waals surface area contributed by atoms with E-state index in [1.165, 1.54) is 30.3 Å². The average molecular weight is 609 g/mol. The second-order valence-corrected chi connectivity index (χ2v) is 11.4. The summed E-state index contributed by atoms with van der Waals surface area (Å²) >= 11 is 6.02. The Hall–Kier alpha value is -5.42. The SMILES string of the molecule is O=C(c1ccccc1[N+](=O)[O-])N(Cc1ccc(Cl)cc1[N+](=O)[O-])N1C(=O)[C@@H]2C3c4ccccc4C(c4ccccc43)[C@H]2C1=O. The van der Waals surface area contributed by atoms with Crippen molar-refractivity contribution >= 4 is 40.7 Å². The lowest BCUT2D eigenvalue weighted by Crippen LogP contribution is -2.50. The smallest absolute Gasteiger partial charge is 0.272 e. The Bertz CT molecular complexity index is 1830. The number of nitrogens with zero attached hydrogens (tertiary/aromatic N) is 4. The molecule has 1 fully saturated rings. The third-order valence-corrected chi connectivity index (χ3v) is 9.03. The van der Waals surface area contributed by atoms with Crippen molar-refractivity contribution in [1.29, 1.82) is 0 Å². The summed E-state index contributed by atoms with van der Waals surface area (Å²) in [5.41, 5.74) is 2.32.